The van der Waals surface area contributed by atoms with Gasteiger partial charge in [0.05, 0.1) is 25.0 Å². The van der Waals surface area contributed by atoms with Gasteiger partial charge in [-0.05, 0) is 38.5 Å². The molecule has 2 heterocycles. The van der Waals surface area contributed by atoms with E-state index in [0.717, 1.165) is 25.9 Å². The molecule has 0 radical (unpaired) electrons. The van der Waals surface area contributed by atoms with Crippen LogP contribution in [-0.4, -0.2) is 81.4 Å². The molecule has 0 spiro atoms. The van der Waals surface area contributed by atoms with E-state index in [1.54, 1.807) is 0 Å². The SMILES string of the molecule is C[C@@H]1CN(CC(=O)N2C[C@H](NS(C)(=O)=O)[C@@H](C3CC3)C2)C[C@H](C)O1. The fraction of sp³-hybridized carbons (Fsp3) is 0.938. The fourth-order valence-corrected chi connectivity index (χ4v) is 4.94. The molecule has 138 valence electrons. The average Bonchev–Trinajstić information content (AvgIpc) is 3.18. The van der Waals surface area contributed by atoms with Gasteiger partial charge in [-0.15, -0.1) is 0 Å². The number of carbonyl (C=O) groups excluding carboxylic acids is 1. The number of nitrogens with zero attached hydrogens (tertiary/aromatic N) is 2. The summed E-state index contributed by atoms with van der Waals surface area (Å²) in [5, 5.41) is 0. The van der Waals surface area contributed by atoms with E-state index in [1.807, 2.05) is 18.7 Å². The van der Waals surface area contributed by atoms with E-state index in [0.29, 0.717) is 25.6 Å². The summed E-state index contributed by atoms with van der Waals surface area (Å²) >= 11 is 0. The number of hydrogen-bond donors (Lipinski definition) is 1. The summed E-state index contributed by atoms with van der Waals surface area (Å²) in [6.07, 6.45) is 3.76. The van der Waals surface area contributed by atoms with Crippen LogP contribution in [0.2, 0.25) is 0 Å². The highest BCUT2D eigenvalue weighted by Gasteiger charge is 2.44. The Bertz CT molecular complexity index is 568. The van der Waals surface area contributed by atoms with Crippen molar-refractivity contribution in [1.29, 1.82) is 0 Å². The summed E-state index contributed by atoms with van der Waals surface area (Å²) < 4.78 is 31.7. The summed E-state index contributed by atoms with van der Waals surface area (Å²) in [7, 11) is -3.25. The molecular formula is C16H29N3O4S. The lowest BCUT2D eigenvalue weighted by Crippen LogP contribution is -2.49. The molecule has 8 heteroatoms. The van der Waals surface area contributed by atoms with Gasteiger partial charge in [0.2, 0.25) is 15.9 Å². The van der Waals surface area contributed by atoms with Gasteiger partial charge in [-0.25, -0.2) is 13.1 Å². The van der Waals surface area contributed by atoms with E-state index in [9.17, 15) is 13.2 Å². The van der Waals surface area contributed by atoms with Crippen LogP contribution in [0.1, 0.15) is 26.7 Å². The van der Waals surface area contributed by atoms with E-state index in [2.05, 4.69) is 9.62 Å². The van der Waals surface area contributed by atoms with E-state index in [-0.39, 0.29) is 30.1 Å². The van der Waals surface area contributed by atoms with E-state index in [4.69, 9.17) is 4.74 Å². The van der Waals surface area contributed by atoms with Crippen LogP contribution in [0.25, 0.3) is 0 Å². The Balaban J connectivity index is 1.59. The highest BCUT2D eigenvalue weighted by molar-refractivity contribution is 7.88. The molecule has 7 nitrogen and oxygen atoms in total. The second-order valence-electron chi connectivity index (χ2n) is 7.75. The Kier molecular flexibility index (Phi) is 5.20. The molecule has 0 aromatic heterocycles. The molecule has 0 unspecified atom stereocenters. The van der Waals surface area contributed by atoms with Gasteiger partial charge in [0.15, 0.2) is 0 Å². The lowest BCUT2D eigenvalue weighted by atomic mass is 9.99. The molecule has 0 bridgehead atoms. The quantitative estimate of drug-likeness (QED) is 0.741. The van der Waals surface area contributed by atoms with Gasteiger partial charge in [0.25, 0.3) is 0 Å². The summed E-state index contributed by atoms with van der Waals surface area (Å²) in [5.41, 5.74) is 0. The molecule has 3 fully saturated rings. The van der Waals surface area contributed by atoms with Crippen LogP contribution in [0.15, 0.2) is 0 Å². The molecule has 4 atom stereocenters. The van der Waals surface area contributed by atoms with Crippen LogP contribution in [-0.2, 0) is 19.6 Å². The number of amides is 1. The normalized spacial score (nSPS) is 35.4. The van der Waals surface area contributed by atoms with Crippen molar-refractivity contribution >= 4 is 15.9 Å². The van der Waals surface area contributed by atoms with Gasteiger partial charge in [-0.1, -0.05) is 0 Å². The number of sulfonamides is 1. The van der Waals surface area contributed by atoms with Gasteiger partial charge < -0.3 is 9.64 Å². The third-order valence-electron chi connectivity index (χ3n) is 5.16. The zero-order valence-electron chi connectivity index (χ0n) is 14.8. The van der Waals surface area contributed by atoms with Crippen LogP contribution >= 0.6 is 0 Å². The van der Waals surface area contributed by atoms with Gasteiger partial charge in [-0.3, -0.25) is 9.69 Å². The second-order valence-corrected chi connectivity index (χ2v) is 9.53. The maximum atomic E-state index is 12.7. The van der Waals surface area contributed by atoms with Crippen molar-refractivity contribution in [3.8, 4) is 0 Å². The standard InChI is InChI=1S/C16H29N3O4S/c1-11-6-18(7-12(2)23-11)10-16(20)19-8-14(13-4-5-13)15(9-19)17-24(3,21)22/h11-15,17H,4-10H2,1-3H3/t11-,12+,14-,15+/m1/s1. The summed E-state index contributed by atoms with van der Waals surface area (Å²) in [4.78, 5) is 16.7. The number of hydrogen-bond acceptors (Lipinski definition) is 5. The predicted molar refractivity (Wildman–Crippen MR) is 91.0 cm³/mol. The third kappa shape index (κ3) is 4.68. The van der Waals surface area contributed by atoms with E-state index >= 15 is 0 Å². The first-order valence-corrected chi connectivity index (χ1v) is 10.7. The van der Waals surface area contributed by atoms with Gasteiger partial charge in [-0.2, -0.15) is 0 Å². The number of rotatable bonds is 5. The predicted octanol–water partition coefficient (Wildman–Crippen LogP) is -0.118. The molecule has 3 rings (SSSR count). The number of likely N-dealkylation sites (tertiary alicyclic amines) is 1. The topological polar surface area (TPSA) is 79.0 Å². The maximum Gasteiger partial charge on any atom is 0.236 e. The zero-order chi connectivity index (χ0) is 17.5. The van der Waals surface area contributed by atoms with E-state index < -0.39 is 10.0 Å². The molecule has 1 amide bonds. The van der Waals surface area contributed by atoms with Crippen LogP contribution < -0.4 is 4.72 Å². The first-order chi connectivity index (χ1) is 11.2. The fourth-order valence-electron chi connectivity index (χ4n) is 4.14. The lowest BCUT2D eigenvalue weighted by Gasteiger charge is -2.35. The van der Waals surface area contributed by atoms with Crippen molar-refractivity contribution in [3.05, 3.63) is 0 Å². The minimum absolute atomic E-state index is 0.0970. The molecule has 3 aliphatic rings. The van der Waals surface area contributed by atoms with Crippen molar-refractivity contribution < 1.29 is 17.9 Å². The minimum atomic E-state index is -3.25. The van der Waals surface area contributed by atoms with Crippen molar-refractivity contribution in [1.82, 2.24) is 14.5 Å². The Morgan fingerprint density at radius 3 is 2.29 bits per heavy atom. The van der Waals surface area contributed by atoms with Gasteiger partial charge in [0, 0.05) is 32.2 Å². The summed E-state index contributed by atoms with van der Waals surface area (Å²) in [6.45, 7) is 7.13. The Labute approximate surface area is 144 Å². The second kappa shape index (κ2) is 6.90. The molecule has 24 heavy (non-hydrogen) atoms. The van der Waals surface area contributed by atoms with Crippen molar-refractivity contribution in [2.45, 2.75) is 44.9 Å². The van der Waals surface area contributed by atoms with Crippen LogP contribution in [0.5, 0.6) is 0 Å². The molecule has 2 saturated heterocycles. The molecule has 0 aromatic rings. The van der Waals surface area contributed by atoms with Crippen LogP contribution in [0.3, 0.4) is 0 Å². The zero-order valence-corrected chi connectivity index (χ0v) is 15.6. The van der Waals surface area contributed by atoms with Crippen molar-refractivity contribution in [2.75, 3.05) is 39.0 Å². The van der Waals surface area contributed by atoms with Gasteiger partial charge in [0.1, 0.15) is 0 Å². The molecule has 1 saturated carbocycles. The Hall–Kier alpha value is -0.700. The molecule has 0 aromatic carbocycles. The first kappa shape index (κ1) is 18.1. The third-order valence-corrected chi connectivity index (χ3v) is 5.90. The average molecular weight is 359 g/mol. The highest BCUT2D eigenvalue weighted by atomic mass is 32.2. The lowest BCUT2D eigenvalue weighted by molar-refractivity contribution is -0.135. The van der Waals surface area contributed by atoms with Gasteiger partial charge >= 0.3 is 0 Å². The van der Waals surface area contributed by atoms with Crippen molar-refractivity contribution in [2.24, 2.45) is 11.8 Å². The number of carbonyl (C=O) groups is 1. The minimum Gasteiger partial charge on any atom is -0.373 e. The molecule has 1 N–H and O–H groups in total. The highest BCUT2D eigenvalue weighted by Crippen LogP contribution is 2.41. The Morgan fingerprint density at radius 1 is 1.12 bits per heavy atom. The first-order valence-electron chi connectivity index (χ1n) is 8.84. The number of ether oxygens (including phenoxy) is 1. The molecule has 1 aliphatic carbocycles. The van der Waals surface area contributed by atoms with Crippen LogP contribution in [0, 0.1) is 11.8 Å². The smallest absolute Gasteiger partial charge is 0.236 e. The van der Waals surface area contributed by atoms with E-state index in [1.165, 1.54) is 6.26 Å². The number of morpholine rings is 1. The maximum absolute atomic E-state index is 12.7. The monoisotopic (exact) mass is 359 g/mol. The number of nitrogens with one attached hydrogen (secondary N) is 1. The van der Waals surface area contributed by atoms with Crippen LogP contribution in [0.4, 0.5) is 0 Å². The molecule has 2 aliphatic heterocycles. The van der Waals surface area contributed by atoms with Crippen molar-refractivity contribution in [3.63, 3.8) is 0 Å². The summed E-state index contributed by atoms with van der Waals surface area (Å²) in [5.74, 6) is 0.913. The Morgan fingerprint density at radius 2 is 1.75 bits per heavy atom. The largest absolute Gasteiger partial charge is 0.373 e. The summed E-state index contributed by atoms with van der Waals surface area (Å²) in [6, 6.07) is -0.140. The molecular weight excluding hydrogens is 330 g/mol.